The van der Waals surface area contributed by atoms with E-state index in [4.69, 9.17) is 29.1 Å². The number of anilines is 2. The van der Waals surface area contributed by atoms with Crippen molar-refractivity contribution in [2.45, 2.75) is 18.6 Å². The Morgan fingerprint density at radius 3 is 3.03 bits per heavy atom. The van der Waals surface area contributed by atoms with E-state index >= 15 is 0 Å². The van der Waals surface area contributed by atoms with Gasteiger partial charge >= 0.3 is 0 Å². The molecule has 0 bridgehead atoms. The molecule has 1 aliphatic rings. The first kappa shape index (κ1) is 21.8. The monoisotopic (exact) mass is 500 g/mol. The Bertz CT molecular complexity index is 1340. The number of fused-ring (bicyclic) bond motifs is 1. The average Bonchev–Trinajstić information content (AvgIpc) is 3.32. The van der Waals surface area contributed by atoms with Crippen molar-refractivity contribution in [2.24, 2.45) is 0 Å². The third-order valence-electron chi connectivity index (χ3n) is 5.64. The summed E-state index contributed by atoms with van der Waals surface area (Å²) in [7, 11) is 0.999. The van der Waals surface area contributed by atoms with Gasteiger partial charge in [-0.3, -0.25) is 9.69 Å². The number of nitriles is 1. The number of benzene rings is 2. The fraction of sp³-hybridized carbons (Fsp3) is 0.333. The van der Waals surface area contributed by atoms with Crippen LogP contribution >= 0.6 is 11.6 Å². The minimum absolute atomic E-state index is 0.0305. The van der Waals surface area contributed by atoms with Crippen molar-refractivity contribution in [1.29, 1.82) is 5.26 Å². The average molecular weight is 501 g/mol. The predicted molar refractivity (Wildman–Crippen MR) is 129 cm³/mol. The summed E-state index contributed by atoms with van der Waals surface area (Å²) in [5.41, 5.74) is 0.671. The molecule has 3 aromatic rings. The molecule has 182 valence electrons. The van der Waals surface area contributed by atoms with Crippen LogP contribution in [0.1, 0.15) is 9.16 Å². The van der Waals surface area contributed by atoms with Crippen LogP contribution in [0, 0.1) is 17.1 Å². The predicted octanol–water partition coefficient (Wildman–Crippen LogP) is 3.61. The SMILES string of the molecule is [2H]CN(CC#N)C(=O)[C@@H]1C[C@H](Oc2cc3c(Nc4cccc(Cl)c4F)ncnc3cc2OC)CN1C[2H]. The highest BCUT2D eigenvalue weighted by molar-refractivity contribution is 6.31. The molecular formula is C24H24ClFN6O3. The number of ether oxygens (including phenoxy) is 2. The third kappa shape index (κ3) is 5.06. The van der Waals surface area contributed by atoms with Gasteiger partial charge in [0.2, 0.25) is 5.91 Å². The number of hydrogen-bond acceptors (Lipinski definition) is 8. The van der Waals surface area contributed by atoms with Crippen molar-refractivity contribution < 1.29 is 21.4 Å². The quantitative estimate of drug-likeness (QED) is 0.491. The largest absolute Gasteiger partial charge is 0.493 e. The van der Waals surface area contributed by atoms with Crippen molar-refractivity contribution >= 4 is 39.9 Å². The number of rotatable bonds is 7. The van der Waals surface area contributed by atoms with E-state index in [1.54, 1.807) is 23.1 Å². The molecule has 1 amide bonds. The van der Waals surface area contributed by atoms with Crippen molar-refractivity contribution in [2.75, 3.05) is 39.6 Å². The Hall–Kier alpha value is -3.68. The molecule has 0 spiro atoms. The fourth-order valence-electron chi connectivity index (χ4n) is 3.90. The minimum Gasteiger partial charge on any atom is -0.493 e. The van der Waals surface area contributed by atoms with Crippen molar-refractivity contribution in [3.05, 3.63) is 47.5 Å². The zero-order valence-corrected chi connectivity index (χ0v) is 19.6. The molecule has 9 nitrogen and oxygen atoms in total. The number of carbonyl (C=O) groups excluding carboxylic acids is 1. The van der Waals surface area contributed by atoms with Gasteiger partial charge in [-0.05, 0) is 25.2 Å². The minimum atomic E-state index is -0.681. The van der Waals surface area contributed by atoms with Gasteiger partial charge < -0.3 is 19.7 Å². The molecule has 0 radical (unpaired) electrons. The summed E-state index contributed by atoms with van der Waals surface area (Å²) in [4.78, 5) is 24.2. The van der Waals surface area contributed by atoms with Crippen LogP contribution in [0.4, 0.5) is 15.9 Å². The summed E-state index contributed by atoms with van der Waals surface area (Å²) >= 11 is 5.91. The highest BCUT2D eigenvalue weighted by Gasteiger charge is 2.37. The van der Waals surface area contributed by atoms with Crippen LogP contribution < -0.4 is 14.8 Å². The van der Waals surface area contributed by atoms with E-state index < -0.39 is 18.0 Å². The molecule has 1 aromatic heterocycles. The van der Waals surface area contributed by atoms with Gasteiger partial charge in [0.05, 0.1) is 35.4 Å². The maximum Gasteiger partial charge on any atom is 0.240 e. The number of amides is 1. The van der Waals surface area contributed by atoms with E-state index in [1.807, 2.05) is 6.07 Å². The van der Waals surface area contributed by atoms with Gasteiger partial charge in [0.1, 0.15) is 24.8 Å². The van der Waals surface area contributed by atoms with Crippen LogP contribution in [0.5, 0.6) is 11.5 Å². The van der Waals surface area contributed by atoms with Gasteiger partial charge in [-0.2, -0.15) is 5.26 Å². The summed E-state index contributed by atoms with van der Waals surface area (Å²) < 4.78 is 41.6. The Morgan fingerprint density at radius 1 is 1.43 bits per heavy atom. The molecule has 35 heavy (non-hydrogen) atoms. The van der Waals surface area contributed by atoms with Gasteiger partial charge in [0.15, 0.2) is 17.3 Å². The number of nitrogens with zero attached hydrogens (tertiary/aromatic N) is 5. The van der Waals surface area contributed by atoms with Gasteiger partial charge in [-0.25, -0.2) is 14.4 Å². The first-order valence-corrected chi connectivity index (χ1v) is 11.0. The lowest BCUT2D eigenvalue weighted by Gasteiger charge is -2.22. The first-order chi connectivity index (χ1) is 17.9. The van der Waals surface area contributed by atoms with Crippen LogP contribution in [0.3, 0.4) is 0 Å². The number of carbonyl (C=O) groups is 1. The van der Waals surface area contributed by atoms with E-state index in [9.17, 15) is 9.18 Å². The second-order valence-electron chi connectivity index (χ2n) is 7.93. The van der Waals surface area contributed by atoms with Crippen LogP contribution in [-0.4, -0.2) is 72.1 Å². The Labute approximate surface area is 209 Å². The van der Waals surface area contributed by atoms with Crippen molar-refractivity contribution in [1.82, 2.24) is 19.8 Å². The molecule has 2 atom stereocenters. The van der Waals surface area contributed by atoms with Crippen molar-refractivity contribution in [3.8, 4) is 17.6 Å². The van der Waals surface area contributed by atoms with E-state index in [-0.39, 0.29) is 43.6 Å². The second-order valence-corrected chi connectivity index (χ2v) is 8.33. The lowest BCUT2D eigenvalue weighted by atomic mass is 10.1. The van der Waals surface area contributed by atoms with Gasteiger partial charge in [0, 0.05) is 34.2 Å². The normalized spacial score (nSPS) is 18.5. The van der Waals surface area contributed by atoms with E-state index in [0.717, 1.165) is 4.90 Å². The maximum absolute atomic E-state index is 14.5. The van der Waals surface area contributed by atoms with E-state index in [1.165, 1.54) is 25.6 Å². The van der Waals surface area contributed by atoms with Crippen LogP contribution in [0.25, 0.3) is 10.9 Å². The number of hydrogen-bond donors (Lipinski definition) is 1. The van der Waals surface area contributed by atoms with Crippen molar-refractivity contribution in [3.63, 3.8) is 0 Å². The maximum atomic E-state index is 14.5. The molecule has 0 saturated carbocycles. The number of methoxy groups -OCH3 is 1. The zero-order valence-electron chi connectivity index (χ0n) is 20.9. The van der Waals surface area contributed by atoms with Gasteiger partial charge in [-0.15, -0.1) is 0 Å². The number of likely N-dealkylation sites (tertiary alicyclic amines) is 1. The highest BCUT2D eigenvalue weighted by atomic mass is 35.5. The first-order valence-electron chi connectivity index (χ1n) is 12.0. The number of halogens is 2. The third-order valence-corrected chi connectivity index (χ3v) is 5.93. The van der Waals surface area contributed by atoms with E-state index in [0.29, 0.717) is 34.8 Å². The van der Waals surface area contributed by atoms with E-state index in [2.05, 4.69) is 15.3 Å². The highest BCUT2D eigenvalue weighted by Crippen LogP contribution is 2.37. The smallest absolute Gasteiger partial charge is 0.240 e. The summed E-state index contributed by atoms with van der Waals surface area (Å²) in [6, 6.07) is 9.14. The zero-order chi connectivity index (χ0) is 26.5. The summed E-state index contributed by atoms with van der Waals surface area (Å²) in [6.07, 6.45) is 1.14. The molecule has 0 aliphatic carbocycles. The standard InChI is InChI=1S/C24H24ClFN6O3/c1-31(8-7-27)24(33)19-9-14(12-32(19)2)35-21-10-15-18(11-20(21)34-3)28-13-29-23(15)30-17-6-4-5-16(25)22(17)26/h4-6,10-11,13-14,19H,8-9,12H2,1-3H3,(H,28,29,30)/t14-,19-/m0/s1/i1D,2D. The Morgan fingerprint density at radius 2 is 2.29 bits per heavy atom. The molecule has 0 unspecified atom stereocenters. The fourth-order valence-corrected chi connectivity index (χ4v) is 4.08. The lowest BCUT2D eigenvalue weighted by molar-refractivity contribution is -0.133. The van der Waals surface area contributed by atoms with Gasteiger partial charge in [-0.1, -0.05) is 17.7 Å². The molecule has 1 saturated heterocycles. The molecule has 2 aromatic carbocycles. The molecule has 2 heterocycles. The molecule has 4 rings (SSSR count). The van der Waals surface area contributed by atoms with Gasteiger partial charge in [0.25, 0.3) is 0 Å². The number of aromatic nitrogens is 2. The lowest BCUT2D eigenvalue weighted by Crippen LogP contribution is -2.42. The topological polar surface area (TPSA) is 104 Å². The molecule has 1 aliphatic heterocycles. The Balaban J connectivity index is 1.63. The summed E-state index contributed by atoms with van der Waals surface area (Å²) in [5.74, 6) is 0.0842. The summed E-state index contributed by atoms with van der Waals surface area (Å²) in [5, 5.41) is 12.4. The molecule has 11 heteroatoms. The Kier molecular flexibility index (Phi) is 6.42. The van der Waals surface area contributed by atoms with Crippen LogP contribution in [-0.2, 0) is 4.79 Å². The number of likely N-dealkylation sites (N-methyl/N-ethyl adjacent to an activating group) is 2. The molecular weight excluding hydrogens is 475 g/mol. The molecule has 1 fully saturated rings. The number of nitrogens with one attached hydrogen (secondary N) is 1. The van der Waals surface area contributed by atoms with Crippen LogP contribution in [0.15, 0.2) is 36.7 Å². The van der Waals surface area contributed by atoms with Crippen LogP contribution in [0.2, 0.25) is 5.02 Å². The summed E-state index contributed by atoms with van der Waals surface area (Å²) in [6.45, 7) is 0.0985. The second kappa shape index (κ2) is 10.3. The molecule has 1 N–H and O–H groups in total.